The van der Waals surface area contributed by atoms with Gasteiger partial charge in [0.15, 0.2) is 0 Å². The summed E-state index contributed by atoms with van der Waals surface area (Å²) in [5.74, 6) is 0.0533. The van der Waals surface area contributed by atoms with Gasteiger partial charge in [0.25, 0.3) is 0 Å². The molecule has 3 aromatic carbocycles. The molecule has 0 N–H and O–H groups in total. The van der Waals surface area contributed by atoms with Crippen LogP contribution in [0.5, 0.6) is 0 Å². The fourth-order valence-electron chi connectivity index (χ4n) is 5.22. The number of para-hydroxylation sites is 1. The molecule has 6 rings (SSSR count). The summed E-state index contributed by atoms with van der Waals surface area (Å²) in [6, 6.07) is 23.4. The highest BCUT2D eigenvalue weighted by molar-refractivity contribution is 8.00. The Morgan fingerprint density at radius 1 is 0.974 bits per heavy atom. The van der Waals surface area contributed by atoms with Crippen molar-refractivity contribution in [2.45, 2.75) is 18.1 Å². The van der Waals surface area contributed by atoms with Crippen molar-refractivity contribution < 1.29 is 14.0 Å². The van der Waals surface area contributed by atoms with Crippen molar-refractivity contribution in [2.75, 3.05) is 30.3 Å². The number of amides is 2. The zero-order valence-electron chi connectivity index (χ0n) is 21.1. The number of hydrogen-bond acceptors (Lipinski definition) is 4. The van der Waals surface area contributed by atoms with E-state index in [9.17, 15) is 14.0 Å². The zero-order chi connectivity index (χ0) is 26.9. The minimum absolute atomic E-state index is 0.0904. The van der Waals surface area contributed by atoms with E-state index in [1.807, 2.05) is 53.4 Å². The van der Waals surface area contributed by atoms with Crippen molar-refractivity contribution in [3.63, 3.8) is 0 Å². The number of benzene rings is 3. The van der Waals surface area contributed by atoms with Gasteiger partial charge in [0.05, 0.1) is 27.4 Å². The zero-order valence-corrected chi connectivity index (χ0v) is 22.7. The Kier molecular flexibility index (Phi) is 7.14. The van der Waals surface area contributed by atoms with E-state index in [4.69, 9.17) is 16.7 Å². The van der Waals surface area contributed by atoms with Gasteiger partial charge in [-0.1, -0.05) is 66.2 Å². The highest BCUT2D eigenvalue weighted by Crippen LogP contribution is 2.49. The highest BCUT2D eigenvalue weighted by Gasteiger charge is 2.38. The van der Waals surface area contributed by atoms with E-state index in [0.29, 0.717) is 35.3 Å². The van der Waals surface area contributed by atoms with Crippen LogP contribution in [-0.2, 0) is 9.59 Å². The number of carbonyl (C=O) groups excluding carboxylic acids is 2. The maximum absolute atomic E-state index is 13.9. The Labute approximate surface area is 235 Å². The number of nitrogens with zero attached hydrogens (tertiary/aromatic N) is 4. The van der Waals surface area contributed by atoms with Gasteiger partial charge in [-0.05, 0) is 42.7 Å². The van der Waals surface area contributed by atoms with Crippen LogP contribution in [-0.4, -0.2) is 51.9 Å². The van der Waals surface area contributed by atoms with E-state index >= 15 is 0 Å². The van der Waals surface area contributed by atoms with Gasteiger partial charge in [-0.15, -0.1) is 11.8 Å². The quantitative estimate of drug-likeness (QED) is 0.295. The number of rotatable bonds is 5. The lowest BCUT2D eigenvalue weighted by Gasteiger charge is -2.25. The molecule has 2 amide bonds. The first-order valence-electron chi connectivity index (χ1n) is 12.9. The molecule has 1 unspecified atom stereocenters. The maximum Gasteiger partial charge on any atom is 0.242 e. The molecule has 198 valence electrons. The number of likely N-dealkylation sites (tertiary alicyclic amines) is 1. The molecule has 3 heterocycles. The van der Waals surface area contributed by atoms with Crippen LogP contribution >= 0.6 is 23.4 Å². The smallest absolute Gasteiger partial charge is 0.242 e. The lowest BCUT2D eigenvalue weighted by molar-refractivity contribution is -0.130. The third-order valence-corrected chi connectivity index (χ3v) is 8.72. The van der Waals surface area contributed by atoms with Crippen molar-refractivity contribution in [3.8, 4) is 16.9 Å². The first-order valence-corrected chi connectivity index (χ1v) is 14.3. The fraction of sp³-hybridized carbons (Fsp3) is 0.233. The molecular formula is C30H26ClFN4O2S. The average Bonchev–Trinajstić information content (AvgIpc) is 3.60. The Hall–Kier alpha value is -3.62. The largest absolute Gasteiger partial charge is 0.341 e. The molecule has 0 radical (unpaired) electrons. The predicted molar refractivity (Wildman–Crippen MR) is 153 cm³/mol. The SMILES string of the molecule is O=C(CN1C(=O)CSC(c2ccc(F)cc2)c2c(-c3ccccc3)nn(-c3ccccc3Cl)c21)N1CCCC1. The first kappa shape index (κ1) is 25.6. The van der Waals surface area contributed by atoms with Gasteiger partial charge in [-0.2, -0.15) is 5.10 Å². The molecule has 0 saturated carbocycles. The molecule has 39 heavy (non-hydrogen) atoms. The second kappa shape index (κ2) is 10.9. The Morgan fingerprint density at radius 3 is 2.38 bits per heavy atom. The topological polar surface area (TPSA) is 58.4 Å². The normalized spacial score (nSPS) is 17.3. The van der Waals surface area contributed by atoms with Crippen LogP contribution in [0.4, 0.5) is 10.2 Å². The van der Waals surface area contributed by atoms with E-state index in [1.54, 1.807) is 27.8 Å². The van der Waals surface area contributed by atoms with Crippen molar-refractivity contribution in [1.29, 1.82) is 0 Å². The van der Waals surface area contributed by atoms with Gasteiger partial charge in [0, 0.05) is 24.2 Å². The van der Waals surface area contributed by atoms with Gasteiger partial charge in [-0.3, -0.25) is 14.5 Å². The molecule has 1 fully saturated rings. The summed E-state index contributed by atoms with van der Waals surface area (Å²) < 4.78 is 15.6. The molecule has 0 bridgehead atoms. The third-order valence-electron chi connectivity index (χ3n) is 7.14. The van der Waals surface area contributed by atoms with Crippen molar-refractivity contribution in [1.82, 2.24) is 14.7 Å². The number of halogens is 2. The minimum atomic E-state index is -0.332. The molecule has 1 aromatic heterocycles. The van der Waals surface area contributed by atoms with Gasteiger partial charge in [-0.25, -0.2) is 9.07 Å². The summed E-state index contributed by atoms with van der Waals surface area (Å²) in [5.41, 5.74) is 3.79. The number of anilines is 1. The van der Waals surface area contributed by atoms with Crippen LogP contribution in [0.1, 0.15) is 29.2 Å². The van der Waals surface area contributed by atoms with E-state index < -0.39 is 0 Å². The summed E-state index contributed by atoms with van der Waals surface area (Å²) >= 11 is 8.13. The van der Waals surface area contributed by atoms with Crippen LogP contribution in [0, 0.1) is 5.82 Å². The van der Waals surface area contributed by atoms with Crippen LogP contribution in [0.3, 0.4) is 0 Å². The third kappa shape index (κ3) is 4.94. The van der Waals surface area contributed by atoms with Gasteiger partial charge in [0.1, 0.15) is 18.2 Å². The number of aromatic nitrogens is 2. The molecule has 0 aliphatic carbocycles. The monoisotopic (exact) mass is 560 g/mol. The highest BCUT2D eigenvalue weighted by atomic mass is 35.5. The van der Waals surface area contributed by atoms with Gasteiger partial charge in [0.2, 0.25) is 11.8 Å². The average molecular weight is 561 g/mol. The lowest BCUT2D eigenvalue weighted by Crippen LogP contribution is -2.43. The molecule has 1 saturated heterocycles. The summed E-state index contributed by atoms with van der Waals surface area (Å²) in [6.45, 7) is 1.30. The molecule has 1 atom stereocenters. The summed E-state index contributed by atoms with van der Waals surface area (Å²) in [5, 5.41) is 5.18. The second-order valence-corrected chi connectivity index (χ2v) is 11.1. The van der Waals surface area contributed by atoms with Crippen LogP contribution in [0.25, 0.3) is 16.9 Å². The molecule has 2 aliphatic rings. The molecule has 2 aliphatic heterocycles. The van der Waals surface area contributed by atoms with Crippen LogP contribution in [0.2, 0.25) is 5.02 Å². The Balaban J connectivity index is 1.61. The summed E-state index contributed by atoms with van der Waals surface area (Å²) in [4.78, 5) is 30.5. The van der Waals surface area contributed by atoms with Gasteiger partial charge < -0.3 is 4.90 Å². The van der Waals surface area contributed by atoms with E-state index in [1.165, 1.54) is 23.9 Å². The van der Waals surface area contributed by atoms with E-state index in [0.717, 1.165) is 29.5 Å². The number of hydrogen-bond donors (Lipinski definition) is 0. The number of thioether (sulfide) groups is 1. The summed E-state index contributed by atoms with van der Waals surface area (Å²) in [7, 11) is 0. The predicted octanol–water partition coefficient (Wildman–Crippen LogP) is 6.12. The summed E-state index contributed by atoms with van der Waals surface area (Å²) in [6.07, 6.45) is 1.92. The first-order chi connectivity index (χ1) is 19.0. The van der Waals surface area contributed by atoms with Gasteiger partial charge >= 0.3 is 0 Å². The Bertz CT molecular complexity index is 1520. The van der Waals surface area contributed by atoms with Crippen molar-refractivity contribution in [3.05, 3.63) is 101 Å². The number of carbonyl (C=O) groups is 2. The molecule has 9 heteroatoms. The molecule has 0 spiro atoms. The van der Waals surface area contributed by atoms with Crippen LogP contribution < -0.4 is 4.90 Å². The molecule has 6 nitrogen and oxygen atoms in total. The van der Waals surface area contributed by atoms with E-state index in [2.05, 4.69) is 0 Å². The minimum Gasteiger partial charge on any atom is -0.341 e. The standard InChI is InChI=1S/C30H26ClFN4O2S/c31-23-10-4-5-11-24(23)36-30-27(28(33-36)20-8-2-1-3-9-20)29(21-12-14-22(32)15-13-21)39-19-26(38)35(30)18-25(37)34-16-6-7-17-34/h1-5,8-15,29H,6-7,16-19H2. The van der Waals surface area contributed by atoms with Crippen molar-refractivity contribution in [2.24, 2.45) is 0 Å². The fourth-order valence-corrected chi connectivity index (χ4v) is 6.64. The Morgan fingerprint density at radius 2 is 1.67 bits per heavy atom. The molecular weight excluding hydrogens is 535 g/mol. The lowest BCUT2D eigenvalue weighted by atomic mass is 9.99. The van der Waals surface area contributed by atoms with E-state index in [-0.39, 0.29) is 35.2 Å². The van der Waals surface area contributed by atoms with Crippen LogP contribution in [0.15, 0.2) is 78.9 Å². The van der Waals surface area contributed by atoms with Crippen molar-refractivity contribution >= 4 is 41.0 Å². The second-order valence-electron chi connectivity index (χ2n) is 9.63. The number of fused-ring (bicyclic) bond motifs is 1. The maximum atomic E-state index is 13.9. The molecule has 4 aromatic rings.